The summed E-state index contributed by atoms with van der Waals surface area (Å²) in [5, 5.41) is 13.5. The van der Waals surface area contributed by atoms with E-state index in [1.54, 1.807) is 18.2 Å². The van der Waals surface area contributed by atoms with E-state index in [1.165, 1.54) is 17.2 Å². The van der Waals surface area contributed by atoms with Crippen LogP contribution in [0.5, 0.6) is 0 Å². The third-order valence-corrected chi connectivity index (χ3v) is 6.56. The number of fused-ring (bicyclic) bond motifs is 2. The van der Waals surface area contributed by atoms with Gasteiger partial charge in [0, 0.05) is 52.4 Å². The fourth-order valence-corrected chi connectivity index (χ4v) is 4.96. The Kier molecular flexibility index (Phi) is 5.18. The molecule has 0 amide bonds. The molecule has 5 nitrogen and oxygen atoms in total. The van der Waals surface area contributed by atoms with Crippen molar-refractivity contribution in [2.24, 2.45) is 0 Å². The first-order chi connectivity index (χ1) is 15.0. The van der Waals surface area contributed by atoms with E-state index in [1.807, 2.05) is 24.4 Å². The minimum atomic E-state index is -0.351. The van der Waals surface area contributed by atoms with Crippen LogP contribution in [0.25, 0.3) is 10.9 Å². The molecule has 0 aliphatic carbocycles. The van der Waals surface area contributed by atoms with Crippen LogP contribution in [-0.2, 0) is 13.0 Å². The van der Waals surface area contributed by atoms with Crippen molar-refractivity contribution >= 4 is 39.8 Å². The highest BCUT2D eigenvalue weighted by atomic mass is 35.5. The Labute approximate surface area is 189 Å². The first kappa shape index (κ1) is 20.1. The third-order valence-electron chi connectivity index (χ3n) is 5.97. The van der Waals surface area contributed by atoms with Gasteiger partial charge in [-0.2, -0.15) is 0 Å². The lowest BCUT2D eigenvalue weighted by Gasteiger charge is -2.37. The zero-order valence-electron chi connectivity index (χ0n) is 16.5. The summed E-state index contributed by atoms with van der Waals surface area (Å²) >= 11 is 12.6. The van der Waals surface area contributed by atoms with Crippen LogP contribution in [0.15, 0.2) is 66.9 Å². The molecule has 0 radical (unpaired) electrons. The maximum atomic E-state index is 11.4. The van der Waals surface area contributed by atoms with Crippen LogP contribution >= 0.6 is 23.2 Å². The quantitative estimate of drug-likeness (QED) is 0.283. The molecule has 0 bridgehead atoms. The Hall–Kier alpha value is -2.86. The Morgan fingerprint density at radius 3 is 2.71 bits per heavy atom. The highest BCUT2D eigenvalue weighted by Gasteiger charge is 2.31. The normalized spacial score (nSPS) is 16.4. The van der Waals surface area contributed by atoms with Crippen molar-refractivity contribution in [1.29, 1.82) is 0 Å². The van der Waals surface area contributed by atoms with Gasteiger partial charge in [-0.3, -0.25) is 15.0 Å². The van der Waals surface area contributed by atoms with Gasteiger partial charge in [-0.15, -0.1) is 0 Å². The lowest BCUT2D eigenvalue weighted by atomic mass is 9.87. The molecule has 3 aromatic carbocycles. The molecule has 1 unspecified atom stereocenters. The predicted octanol–water partition coefficient (Wildman–Crippen LogP) is 6.53. The summed E-state index contributed by atoms with van der Waals surface area (Å²) in [7, 11) is 0. The molecule has 1 aliphatic heterocycles. The van der Waals surface area contributed by atoms with Crippen LogP contribution in [0, 0.1) is 10.1 Å². The van der Waals surface area contributed by atoms with E-state index in [0.29, 0.717) is 16.6 Å². The number of nitro groups is 1. The number of hydrogen-bond acceptors (Lipinski definition) is 3. The average Bonchev–Trinajstić information content (AvgIpc) is 3.18. The Morgan fingerprint density at radius 2 is 1.90 bits per heavy atom. The molecule has 31 heavy (non-hydrogen) atoms. The number of benzene rings is 3. The summed E-state index contributed by atoms with van der Waals surface area (Å²) in [4.78, 5) is 16.7. The van der Waals surface area contributed by atoms with Crippen LogP contribution in [-0.4, -0.2) is 21.4 Å². The Morgan fingerprint density at radius 1 is 1.06 bits per heavy atom. The van der Waals surface area contributed by atoms with Crippen molar-refractivity contribution in [2.75, 3.05) is 6.54 Å². The molecule has 1 N–H and O–H groups in total. The number of non-ortho nitro benzene ring substituents is 1. The topological polar surface area (TPSA) is 62.2 Å². The monoisotopic (exact) mass is 451 g/mol. The van der Waals surface area contributed by atoms with Gasteiger partial charge in [-0.1, -0.05) is 53.5 Å². The first-order valence-corrected chi connectivity index (χ1v) is 10.8. The predicted molar refractivity (Wildman–Crippen MR) is 124 cm³/mol. The van der Waals surface area contributed by atoms with Crippen LogP contribution < -0.4 is 0 Å². The van der Waals surface area contributed by atoms with E-state index in [2.05, 4.69) is 28.1 Å². The van der Waals surface area contributed by atoms with E-state index >= 15 is 0 Å². The van der Waals surface area contributed by atoms with Crippen molar-refractivity contribution in [3.63, 3.8) is 0 Å². The zero-order chi connectivity index (χ0) is 21.5. The molecule has 2 heterocycles. The van der Waals surface area contributed by atoms with Crippen molar-refractivity contribution in [2.45, 2.75) is 19.0 Å². The van der Waals surface area contributed by atoms with Crippen molar-refractivity contribution < 1.29 is 4.92 Å². The van der Waals surface area contributed by atoms with Crippen molar-refractivity contribution in [1.82, 2.24) is 9.88 Å². The number of nitro benzene ring substituents is 1. The maximum absolute atomic E-state index is 11.4. The number of halogens is 2. The minimum absolute atomic E-state index is 0.0487. The summed E-state index contributed by atoms with van der Waals surface area (Å²) < 4.78 is 0. The molecule has 4 aromatic rings. The Bertz CT molecular complexity index is 1300. The molecular formula is C24H19Cl2N3O2. The van der Waals surface area contributed by atoms with Gasteiger partial charge >= 0.3 is 0 Å². The first-order valence-electron chi connectivity index (χ1n) is 10.0. The van der Waals surface area contributed by atoms with Gasteiger partial charge in [0.25, 0.3) is 5.69 Å². The highest BCUT2D eigenvalue weighted by Crippen LogP contribution is 2.40. The molecule has 7 heteroatoms. The smallest absolute Gasteiger partial charge is 0.270 e. The Balaban J connectivity index is 1.64. The standard InChI is InChI=1S/C24H19Cl2N3O2/c25-17-6-5-16(22(26)11-17)14-28-10-9-15-3-1-2-4-19(15)24(28)21-13-27-23-8-7-18(29(30)31)12-20(21)23/h1-8,11-13,24,27H,9-10,14H2. The zero-order valence-corrected chi connectivity index (χ0v) is 18.0. The van der Waals surface area contributed by atoms with Gasteiger partial charge in [-0.25, -0.2) is 0 Å². The number of aromatic nitrogens is 1. The van der Waals surface area contributed by atoms with Gasteiger partial charge in [0.15, 0.2) is 0 Å². The van der Waals surface area contributed by atoms with Crippen LogP contribution in [0.3, 0.4) is 0 Å². The summed E-state index contributed by atoms with van der Waals surface area (Å²) in [5.74, 6) is 0. The van der Waals surface area contributed by atoms with Crippen molar-refractivity contribution in [3.05, 3.63) is 109 Å². The second-order valence-electron chi connectivity index (χ2n) is 7.79. The third kappa shape index (κ3) is 3.69. The van der Waals surface area contributed by atoms with Gasteiger partial charge in [0.05, 0.1) is 11.0 Å². The summed E-state index contributed by atoms with van der Waals surface area (Å²) in [5.41, 5.74) is 5.51. The molecule has 0 fully saturated rings. The number of rotatable bonds is 4. The van der Waals surface area contributed by atoms with E-state index in [-0.39, 0.29) is 16.7 Å². The average molecular weight is 452 g/mol. The number of H-pyrrole nitrogens is 1. The van der Waals surface area contributed by atoms with Crippen LogP contribution in [0.1, 0.15) is 28.3 Å². The molecule has 0 saturated heterocycles. The number of nitrogens with one attached hydrogen (secondary N) is 1. The fraction of sp³-hybridized carbons (Fsp3) is 0.167. The molecule has 5 rings (SSSR count). The lowest BCUT2D eigenvalue weighted by Crippen LogP contribution is -2.35. The number of hydrogen-bond donors (Lipinski definition) is 1. The molecule has 0 saturated carbocycles. The number of nitrogens with zero attached hydrogens (tertiary/aromatic N) is 2. The molecule has 0 spiro atoms. The summed E-state index contributed by atoms with van der Waals surface area (Å²) in [6.45, 7) is 1.50. The summed E-state index contributed by atoms with van der Waals surface area (Å²) in [6.07, 6.45) is 2.90. The van der Waals surface area contributed by atoms with Gasteiger partial charge in [-0.05, 0) is 46.9 Å². The van der Waals surface area contributed by atoms with Crippen molar-refractivity contribution in [3.8, 4) is 0 Å². The molecule has 1 atom stereocenters. The second kappa shape index (κ2) is 8.00. The van der Waals surface area contributed by atoms with Gasteiger partial charge in [0.2, 0.25) is 0 Å². The minimum Gasteiger partial charge on any atom is -0.361 e. The van der Waals surface area contributed by atoms with E-state index < -0.39 is 0 Å². The van der Waals surface area contributed by atoms with Crippen LogP contribution in [0.2, 0.25) is 10.0 Å². The van der Waals surface area contributed by atoms with Gasteiger partial charge < -0.3 is 4.98 Å². The highest BCUT2D eigenvalue weighted by molar-refractivity contribution is 6.35. The molecule has 156 valence electrons. The summed E-state index contributed by atoms with van der Waals surface area (Å²) in [6, 6.07) is 18.9. The van der Waals surface area contributed by atoms with E-state index in [4.69, 9.17) is 23.2 Å². The van der Waals surface area contributed by atoms with E-state index in [0.717, 1.165) is 35.0 Å². The molecule has 1 aromatic heterocycles. The van der Waals surface area contributed by atoms with Gasteiger partial charge in [0.1, 0.15) is 0 Å². The number of aromatic amines is 1. The maximum Gasteiger partial charge on any atom is 0.270 e. The molecular weight excluding hydrogens is 433 g/mol. The SMILES string of the molecule is O=[N+]([O-])c1ccc2[nH]cc(C3c4ccccc4CCN3Cc3ccc(Cl)cc3Cl)c2c1. The lowest BCUT2D eigenvalue weighted by molar-refractivity contribution is -0.384. The van der Waals surface area contributed by atoms with Crippen LogP contribution in [0.4, 0.5) is 5.69 Å². The fourth-order valence-electron chi connectivity index (χ4n) is 4.49. The van der Waals surface area contributed by atoms with E-state index in [9.17, 15) is 10.1 Å². The second-order valence-corrected chi connectivity index (χ2v) is 8.63. The molecule has 1 aliphatic rings. The largest absolute Gasteiger partial charge is 0.361 e.